The van der Waals surface area contributed by atoms with Crippen LogP contribution in [-0.4, -0.2) is 18.1 Å². The third kappa shape index (κ3) is 3.53. The zero-order valence-electron chi connectivity index (χ0n) is 9.69. The Hall–Kier alpha value is -0.900. The lowest BCUT2D eigenvalue weighted by molar-refractivity contribution is 0.555. The first kappa shape index (κ1) is 12.6. The SMILES string of the molecule is CNC(Cc1nccs1)Cc1ccccc1Cl. The molecule has 2 nitrogen and oxygen atoms in total. The average molecular weight is 267 g/mol. The smallest absolute Gasteiger partial charge is 0.0940 e. The number of hydrogen-bond donors (Lipinski definition) is 1. The maximum Gasteiger partial charge on any atom is 0.0940 e. The molecule has 0 saturated heterocycles. The number of likely N-dealkylation sites (N-methyl/N-ethyl adjacent to an activating group) is 1. The van der Waals surface area contributed by atoms with Crippen LogP contribution in [0.4, 0.5) is 0 Å². The molecule has 1 atom stereocenters. The minimum absolute atomic E-state index is 0.376. The number of hydrogen-bond acceptors (Lipinski definition) is 3. The molecule has 90 valence electrons. The molecular weight excluding hydrogens is 252 g/mol. The maximum atomic E-state index is 6.17. The van der Waals surface area contributed by atoms with Crippen LogP contribution in [0.5, 0.6) is 0 Å². The predicted molar refractivity (Wildman–Crippen MR) is 73.8 cm³/mol. The van der Waals surface area contributed by atoms with Crippen LogP contribution in [0.1, 0.15) is 10.6 Å². The number of benzene rings is 1. The van der Waals surface area contributed by atoms with Crippen molar-refractivity contribution < 1.29 is 0 Å². The van der Waals surface area contributed by atoms with Gasteiger partial charge in [-0.3, -0.25) is 0 Å². The van der Waals surface area contributed by atoms with Crippen LogP contribution in [0.15, 0.2) is 35.8 Å². The van der Waals surface area contributed by atoms with Gasteiger partial charge in [0.1, 0.15) is 0 Å². The van der Waals surface area contributed by atoms with Crippen LogP contribution >= 0.6 is 22.9 Å². The van der Waals surface area contributed by atoms with E-state index in [1.165, 1.54) is 5.56 Å². The van der Waals surface area contributed by atoms with Crippen LogP contribution in [0.25, 0.3) is 0 Å². The fraction of sp³-hybridized carbons (Fsp3) is 0.308. The molecule has 0 aliphatic heterocycles. The first-order valence-electron chi connectivity index (χ1n) is 5.58. The van der Waals surface area contributed by atoms with Gasteiger partial charge in [0.25, 0.3) is 0 Å². The molecule has 2 aromatic rings. The monoisotopic (exact) mass is 266 g/mol. The van der Waals surface area contributed by atoms with Gasteiger partial charge in [-0.2, -0.15) is 0 Å². The van der Waals surface area contributed by atoms with Crippen LogP contribution < -0.4 is 5.32 Å². The van der Waals surface area contributed by atoms with Gasteiger partial charge in [-0.15, -0.1) is 11.3 Å². The fourth-order valence-corrected chi connectivity index (χ4v) is 2.68. The van der Waals surface area contributed by atoms with Gasteiger partial charge in [-0.25, -0.2) is 4.98 Å². The standard InChI is InChI=1S/C13H15ClN2S/c1-15-11(9-13-16-6-7-17-13)8-10-4-2-3-5-12(10)14/h2-7,11,15H,8-9H2,1H3. The number of rotatable bonds is 5. The summed E-state index contributed by atoms with van der Waals surface area (Å²) < 4.78 is 0. The van der Waals surface area contributed by atoms with E-state index in [-0.39, 0.29) is 0 Å². The molecule has 0 aliphatic rings. The summed E-state index contributed by atoms with van der Waals surface area (Å²) in [5.41, 5.74) is 1.19. The van der Waals surface area contributed by atoms with Gasteiger partial charge < -0.3 is 5.32 Å². The summed E-state index contributed by atoms with van der Waals surface area (Å²) in [5.74, 6) is 0. The summed E-state index contributed by atoms with van der Waals surface area (Å²) in [6.45, 7) is 0. The van der Waals surface area contributed by atoms with Gasteiger partial charge >= 0.3 is 0 Å². The minimum Gasteiger partial charge on any atom is -0.316 e. The summed E-state index contributed by atoms with van der Waals surface area (Å²) in [6.07, 6.45) is 3.72. The summed E-state index contributed by atoms with van der Waals surface area (Å²) in [4.78, 5) is 4.31. The van der Waals surface area contributed by atoms with E-state index in [1.54, 1.807) is 11.3 Å². The van der Waals surface area contributed by atoms with Crippen LogP contribution in [0.2, 0.25) is 5.02 Å². The van der Waals surface area contributed by atoms with Crippen molar-refractivity contribution in [2.75, 3.05) is 7.05 Å². The molecule has 4 heteroatoms. The summed E-state index contributed by atoms with van der Waals surface area (Å²) in [7, 11) is 1.98. The highest BCUT2D eigenvalue weighted by Gasteiger charge is 2.11. The van der Waals surface area contributed by atoms with Crippen molar-refractivity contribution in [2.24, 2.45) is 0 Å². The zero-order valence-corrected chi connectivity index (χ0v) is 11.3. The normalized spacial score (nSPS) is 12.6. The molecule has 0 fully saturated rings. The molecule has 0 saturated carbocycles. The van der Waals surface area contributed by atoms with E-state index in [0.29, 0.717) is 6.04 Å². The van der Waals surface area contributed by atoms with Gasteiger partial charge in [-0.05, 0) is 25.1 Å². The van der Waals surface area contributed by atoms with E-state index in [4.69, 9.17) is 11.6 Å². The Morgan fingerprint density at radius 3 is 2.82 bits per heavy atom. The number of halogens is 1. The van der Waals surface area contributed by atoms with E-state index in [9.17, 15) is 0 Å². The van der Waals surface area contributed by atoms with E-state index < -0.39 is 0 Å². The highest BCUT2D eigenvalue weighted by molar-refractivity contribution is 7.09. The van der Waals surface area contributed by atoms with E-state index in [2.05, 4.69) is 16.4 Å². The average Bonchev–Trinajstić information content (AvgIpc) is 2.84. The molecule has 1 N–H and O–H groups in total. The molecule has 0 amide bonds. The van der Waals surface area contributed by atoms with Crippen molar-refractivity contribution in [3.8, 4) is 0 Å². The van der Waals surface area contributed by atoms with Gasteiger partial charge in [-0.1, -0.05) is 29.8 Å². The Morgan fingerprint density at radius 2 is 2.18 bits per heavy atom. The van der Waals surface area contributed by atoms with Gasteiger partial charge in [0.15, 0.2) is 0 Å². The van der Waals surface area contributed by atoms with Gasteiger partial charge in [0.05, 0.1) is 5.01 Å². The minimum atomic E-state index is 0.376. The Balaban J connectivity index is 2.03. The number of nitrogens with one attached hydrogen (secondary N) is 1. The topological polar surface area (TPSA) is 24.9 Å². The second kappa shape index (κ2) is 6.15. The summed E-state index contributed by atoms with van der Waals surface area (Å²) in [5, 5.41) is 7.34. The molecule has 1 aromatic carbocycles. The molecule has 17 heavy (non-hydrogen) atoms. The lowest BCUT2D eigenvalue weighted by atomic mass is 10.0. The second-order valence-electron chi connectivity index (χ2n) is 3.91. The van der Waals surface area contributed by atoms with Crippen molar-refractivity contribution in [3.63, 3.8) is 0 Å². The number of aromatic nitrogens is 1. The molecule has 0 aliphatic carbocycles. The van der Waals surface area contributed by atoms with E-state index >= 15 is 0 Å². The molecule has 2 rings (SSSR count). The summed E-state index contributed by atoms with van der Waals surface area (Å²) >= 11 is 7.86. The highest BCUT2D eigenvalue weighted by atomic mass is 35.5. The summed E-state index contributed by atoms with van der Waals surface area (Å²) in [6, 6.07) is 8.38. The van der Waals surface area contributed by atoms with Crippen LogP contribution in [0.3, 0.4) is 0 Å². The molecule has 0 spiro atoms. The Labute approximate surface area is 111 Å². The van der Waals surface area contributed by atoms with Crippen molar-refractivity contribution in [1.82, 2.24) is 10.3 Å². The largest absolute Gasteiger partial charge is 0.316 e. The number of thiazole rings is 1. The number of nitrogens with zero attached hydrogens (tertiary/aromatic N) is 1. The lowest BCUT2D eigenvalue weighted by Gasteiger charge is -2.15. The van der Waals surface area contributed by atoms with Crippen molar-refractivity contribution in [3.05, 3.63) is 51.4 Å². The third-order valence-corrected chi connectivity index (χ3v) is 3.91. The van der Waals surface area contributed by atoms with Crippen molar-refractivity contribution in [1.29, 1.82) is 0 Å². The lowest BCUT2D eigenvalue weighted by Crippen LogP contribution is -2.29. The Kier molecular flexibility index (Phi) is 4.54. The second-order valence-corrected chi connectivity index (χ2v) is 5.30. The fourth-order valence-electron chi connectivity index (χ4n) is 1.77. The zero-order chi connectivity index (χ0) is 12.1. The Bertz CT molecular complexity index is 456. The molecule has 1 unspecified atom stereocenters. The molecule has 1 aromatic heterocycles. The van der Waals surface area contributed by atoms with E-state index in [0.717, 1.165) is 22.9 Å². The highest BCUT2D eigenvalue weighted by Crippen LogP contribution is 2.18. The van der Waals surface area contributed by atoms with Crippen molar-refractivity contribution in [2.45, 2.75) is 18.9 Å². The van der Waals surface area contributed by atoms with Gasteiger partial charge in [0.2, 0.25) is 0 Å². The maximum absolute atomic E-state index is 6.17. The predicted octanol–water partition coefficient (Wildman–Crippen LogP) is 3.17. The third-order valence-electron chi connectivity index (χ3n) is 2.74. The first-order chi connectivity index (χ1) is 8.29. The van der Waals surface area contributed by atoms with Gasteiger partial charge in [0, 0.05) is 29.1 Å². The molecular formula is C13H15ClN2S. The van der Waals surface area contributed by atoms with E-state index in [1.807, 2.05) is 36.8 Å². The first-order valence-corrected chi connectivity index (χ1v) is 6.84. The van der Waals surface area contributed by atoms with Crippen LogP contribution in [-0.2, 0) is 12.8 Å². The molecule has 1 heterocycles. The van der Waals surface area contributed by atoms with Crippen molar-refractivity contribution >= 4 is 22.9 Å². The molecule has 0 bridgehead atoms. The quantitative estimate of drug-likeness (QED) is 0.899. The Morgan fingerprint density at radius 1 is 1.35 bits per heavy atom. The molecule has 0 radical (unpaired) electrons. The van der Waals surface area contributed by atoms with Crippen LogP contribution in [0, 0.1) is 0 Å².